The Labute approximate surface area is 102 Å². The average Bonchev–Trinajstić information content (AvgIpc) is 2.93. The van der Waals surface area contributed by atoms with E-state index < -0.39 is 0 Å². The van der Waals surface area contributed by atoms with Crippen molar-refractivity contribution in [2.45, 2.75) is 44.3 Å². The first-order valence-corrected chi connectivity index (χ1v) is 6.65. The summed E-state index contributed by atoms with van der Waals surface area (Å²) in [7, 11) is 1.91. The van der Waals surface area contributed by atoms with Crippen LogP contribution in [0.1, 0.15) is 31.5 Å². The number of rotatable bonds is 3. The van der Waals surface area contributed by atoms with E-state index in [2.05, 4.69) is 20.3 Å². The predicted molar refractivity (Wildman–Crippen MR) is 65.5 cm³/mol. The summed E-state index contributed by atoms with van der Waals surface area (Å²) in [6, 6.07) is 1.39. The van der Waals surface area contributed by atoms with E-state index >= 15 is 0 Å². The Bertz CT molecular complexity index is 375. The van der Waals surface area contributed by atoms with E-state index in [1.165, 1.54) is 38.8 Å². The minimum absolute atomic E-state index is 0.638. The molecule has 0 spiro atoms. The molecule has 2 unspecified atom stereocenters. The molecular formula is C12H21N5. The van der Waals surface area contributed by atoms with Crippen LogP contribution < -0.4 is 5.32 Å². The first-order chi connectivity index (χ1) is 8.33. The zero-order valence-electron chi connectivity index (χ0n) is 10.5. The SMILES string of the molecule is Cn1cnc(CNC2CCN3CCCCC23)n1. The quantitative estimate of drug-likeness (QED) is 0.830. The second kappa shape index (κ2) is 4.74. The molecule has 0 amide bonds. The van der Waals surface area contributed by atoms with E-state index in [4.69, 9.17) is 0 Å². The predicted octanol–water partition coefficient (Wildman–Crippen LogP) is 0.531. The fourth-order valence-electron chi connectivity index (χ4n) is 3.17. The lowest BCUT2D eigenvalue weighted by Gasteiger charge is -2.32. The van der Waals surface area contributed by atoms with Gasteiger partial charge in [0.1, 0.15) is 6.33 Å². The topological polar surface area (TPSA) is 46.0 Å². The Morgan fingerprint density at radius 3 is 3.12 bits per heavy atom. The van der Waals surface area contributed by atoms with E-state index in [9.17, 15) is 0 Å². The molecule has 2 aliphatic rings. The number of hydrogen-bond donors (Lipinski definition) is 1. The Hall–Kier alpha value is -0.940. The summed E-state index contributed by atoms with van der Waals surface area (Å²) in [6.45, 7) is 3.36. The maximum Gasteiger partial charge on any atom is 0.164 e. The van der Waals surface area contributed by atoms with Crippen LogP contribution in [0.15, 0.2) is 6.33 Å². The summed E-state index contributed by atoms with van der Waals surface area (Å²) in [4.78, 5) is 6.90. The van der Waals surface area contributed by atoms with Gasteiger partial charge in [0.2, 0.25) is 0 Å². The fourth-order valence-corrected chi connectivity index (χ4v) is 3.17. The molecule has 3 heterocycles. The summed E-state index contributed by atoms with van der Waals surface area (Å²) >= 11 is 0. The summed E-state index contributed by atoms with van der Waals surface area (Å²) in [6.07, 6.45) is 7.16. The van der Waals surface area contributed by atoms with Crippen LogP contribution >= 0.6 is 0 Å². The van der Waals surface area contributed by atoms with E-state index in [1.54, 1.807) is 11.0 Å². The zero-order chi connectivity index (χ0) is 11.7. The number of aryl methyl sites for hydroxylation is 1. The second-order valence-electron chi connectivity index (χ2n) is 5.21. The molecule has 5 heteroatoms. The standard InChI is InChI=1S/C12H21N5/c1-16-9-14-12(15-16)8-13-10-5-7-17-6-3-2-4-11(10)17/h9-11,13H,2-8H2,1H3. The second-order valence-corrected chi connectivity index (χ2v) is 5.21. The highest BCUT2D eigenvalue weighted by atomic mass is 15.3. The lowest BCUT2D eigenvalue weighted by Crippen LogP contribution is -2.44. The first kappa shape index (κ1) is 11.2. The normalized spacial score (nSPS) is 29.5. The molecule has 0 bridgehead atoms. The average molecular weight is 235 g/mol. The molecule has 5 nitrogen and oxygen atoms in total. The van der Waals surface area contributed by atoms with Crippen molar-refractivity contribution in [3.05, 3.63) is 12.2 Å². The maximum absolute atomic E-state index is 4.31. The van der Waals surface area contributed by atoms with Gasteiger partial charge < -0.3 is 5.32 Å². The van der Waals surface area contributed by atoms with Crippen LogP contribution in [0.2, 0.25) is 0 Å². The Balaban J connectivity index is 1.55. The Morgan fingerprint density at radius 1 is 1.35 bits per heavy atom. The van der Waals surface area contributed by atoms with Gasteiger partial charge in [-0.15, -0.1) is 0 Å². The van der Waals surface area contributed by atoms with Gasteiger partial charge in [0.15, 0.2) is 5.82 Å². The molecule has 0 saturated carbocycles. The molecule has 2 aliphatic heterocycles. The van der Waals surface area contributed by atoms with Gasteiger partial charge in [-0.05, 0) is 25.8 Å². The molecule has 1 N–H and O–H groups in total. The van der Waals surface area contributed by atoms with Gasteiger partial charge in [0.25, 0.3) is 0 Å². The van der Waals surface area contributed by atoms with Crippen molar-refractivity contribution in [3.8, 4) is 0 Å². The largest absolute Gasteiger partial charge is 0.305 e. The molecule has 1 aromatic heterocycles. The van der Waals surface area contributed by atoms with Gasteiger partial charge in [-0.3, -0.25) is 9.58 Å². The van der Waals surface area contributed by atoms with Crippen LogP contribution in [0, 0.1) is 0 Å². The van der Waals surface area contributed by atoms with Crippen LogP contribution in [0.5, 0.6) is 0 Å². The lowest BCUT2D eigenvalue weighted by molar-refractivity contribution is 0.180. The summed E-state index contributed by atoms with van der Waals surface area (Å²) in [5.41, 5.74) is 0. The molecule has 17 heavy (non-hydrogen) atoms. The molecule has 94 valence electrons. The van der Waals surface area contributed by atoms with E-state index in [0.29, 0.717) is 6.04 Å². The highest BCUT2D eigenvalue weighted by molar-refractivity contribution is 4.95. The van der Waals surface area contributed by atoms with Crippen LogP contribution in [-0.4, -0.2) is 44.8 Å². The van der Waals surface area contributed by atoms with Gasteiger partial charge >= 0.3 is 0 Å². The Morgan fingerprint density at radius 2 is 2.29 bits per heavy atom. The van der Waals surface area contributed by atoms with Crippen molar-refractivity contribution in [3.63, 3.8) is 0 Å². The van der Waals surface area contributed by atoms with Crippen molar-refractivity contribution in [1.29, 1.82) is 0 Å². The van der Waals surface area contributed by atoms with Crippen molar-refractivity contribution in [2.75, 3.05) is 13.1 Å². The number of aromatic nitrogens is 3. The molecule has 3 rings (SSSR count). The molecule has 0 radical (unpaired) electrons. The highest BCUT2D eigenvalue weighted by Crippen LogP contribution is 2.27. The fraction of sp³-hybridized carbons (Fsp3) is 0.833. The first-order valence-electron chi connectivity index (χ1n) is 6.65. The summed E-state index contributed by atoms with van der Waals surface area (Å²) < 4.78 is 1.76. The van der Waals surface area contributed by atoms with Gasteiger partial charge in [-0.25, -0.2) is 4.98 Å². The Kier molecular flexibility index (Phi) is 3.11. The summed E-state index contributed by atoms with van der Waals surface area (Å²) in [5.74, 6) is 0.904. The van der Waals surface area contributed by atoms with E-state index in [-0.39, 0.29) is 0 Å². The van der Waals surface area contributed by atoms with E-state index in [0.717, 1.165) is 18.4 Å². The smallest absolute Gasteiger partial charge is 0.164 e. The molecule has 2 atom stereocenters. The molecular weight excluding hydrogens is 214 g/mol. The molecule has 2 fully saturated rings. The van der Waals surface area contributed by atoms with Gasteiger partial charge in [0, 0.05) is 25.7 Å². The number of nitrogens with zero attached hydrogens (tertiary/aromatic N) is 4. The van der Waals surface area contributed by atoms with Gasteiger partial charge in [0.05, 0.1) is 6.54 Å². The van der Waals surface area contributed by atoms with Crippen LogP contribution in [0.3, 0.4) is 0 Å². The van der Waals surface area contributed by atoms with Crippen LogP contribution in [0.4, 0.5) is 0 Å². The number of hydrogen-bond acceptors (Lipinski definition) is 4. The molecule has 0 aliphatic carbocycles. The lowest BCUT2D eigenvalue weighted by atomic mass is 9.99. The third-order valence-corrected chi connectivity index (χ3v) is 4.03. The monoisotopic (exact) mass is 235 g/mol. The van der Waals surface area contributed by atoms with Crippen LogP contribution in [-0.2, 0) is 13.6 Å². The van der Waals surface area contributed by atoms with Crippen molar-refractivity contribution in [1.82, 2.24) is 25.0 Å². The zero-order valence-corrected chi connectivity index (χ0v) is 10.5. The maximum atomic E-state index is 4.31. The summed E-state index contributed by atoms with van der Waals surface area (Å²) in [5, 5.41) is 7.94. The number of nitrogens with one attached hydrogen (secondary N) is 1. The van der Waals surface area contributed by atoms with Gasteiger partial charge in [-0.2, -0.15) is 5.10 Å². The number of fused-ring (bicyclic) bond motifs is 1. The van der Waals surface area contributed by atoms with Crippen molar-refractivity contribution in [2.24, 2.45) is 7.05 Å². The van der Waals surface area contributed by atoms with Crippen molar-refractivity contribution < 1.29 is 0 Å². The minimum Gasteiger partial charge on any atom is -0.305 e. The third kappa shape index (κ3) is 2.35. The molecule has 1 aromatic rings. The number of piperidine rings is 1. The third-order valence-electron chi connectivity index (χ3n) is 4.03. The van der Waals surface area contributed by atoms with Gasteiger partial charge in [-0.1, -0.05) is 6.42 Å². The van der Waals surface area contributed by atoms with E-state index in [1.807, 2.05) is 7.05 Å². The molecule has 2 saturated heterocycles. The van der Waals surface area contributed by atoms with Crippen molar-refractivity contribution >= 4 is 0 Å². The van der Waals surface area contributed by atoms with Crippen LogP contribution in [0.25, 0.3) is 0 Å². The molecule has 0 aromatic carbocycles. The highest BCUT2D eigenvalue weighted by Gasteiger charge is 2.34. The minimum atomic E-state index is 0.638.